The van der Waals surface area contributed by atoms with Crippen LogP contribution < -0.4 is 10.6 Å². The maximum absolute atomic E-state index is 5.73. The zero-order valence-corrected chi connectivity index (χ0v) is 9.53. The van der Waals surface area contributed by atoms with Gasteiger partial charge in [-0.2, -0.15) is 0 Å². The highest BCUT2D eigenvalue weighted by atomic mass is 15.2. The molecule has 1 fully saturated rings. The normalized spacial score (nSPS) is 16.2. The van der Waals surface area contributed by atoms with Gasteiger partial charge in [0.05, 0.1) is 0 Å². The summed E-state index contributed by atoms with van der Waals surface area (Å²) in [4.78, 5) is 6.88. The number of hydrogen-bond acceptors (Lipinski definition) is 3. The molecule has 1 aromatic heterocycles. The quantitative estimate of drug-likeness (QED) is 0.818. The Balaban J connectivity index is 2.27. The third kappa shape index (κ3) is 1.97. The lowest BCUT2D eigenvalue weighted by Gasteiger charge is -2.36. The Bertz CT molecular complexity index is 345. The highest BCUT2D eigenvalue weighted by molar-refractivity contribution is 5.48. The average molecular weight is 205 g/mol. The highest BCUT2D eigenvalue weighted by Gasteiger charge is 2.24. The molecule has 82 valence electrons. The number of anilines is 1. The maximum Gasteiger partial charge on any atom is 0.133 e. The summed E-state index contributed by atoms with van der Waals surface area (Å²) in [5.74, 6) is 1.07. The average Bonchev–Trinajstić information content (AvgIpc) is 2.15. The second-order valence-corrected chi connectivity index (χ2v) is 4.34. The Morgan fingerprint density at radius 3 is 2.73 bits per heavy atom. The molecule has 0 amide bonds. The molecule has 0 aliphatic heterocycles. The molecule has 3 heteroatoms. The first kappa shape index (κ1) is 10.4. The van der Waals surface area contributed by atoms with Crippen molar-refractivity contribution in [2.75, 3.05) is 11.9 Å². The molecule has 1 aliphatic carbocycles. The van der Waals surface area contributed by atoms with Crippen molar-refractivity contribution in [1.82, 2.24) is 4.98 Å². The van der Waals surface area contributed by atoms with E-state index in [2.05, 4.69) is 23.0 Å². The Morgan fingerprint density at radius 1 is 1.47 bits per heavy atom. The van der Waals surface area contributed by atoms with Crippen LogP contribution in [0.1, 0.15) is 30.5 Å². The third-order valence-electron chi connectivity index (χ3n) is 3.27. The van der Waals surface area contributed by atoms with Crippen LogP contribution in [0.25, 0.3) is 0 Å². The van der Waals surface area contributed by atoms with Gasteiger partial charge in [0, 0.05) is 30.9 Å². The van der Waals surface area contributed by atoms with Crippen molar-refractivity contribution >= 4 is 5.82 Å². The molecule has 0 radical (unpaired) electrons. The lowest BCUT2D eigenvalue weighted by Crippen LogP contribution is -2.38. The van der Waals surface area contributed by atoms with Crippen LogP contribution >= 0.6 is 0 Å². The number of nitrogens with zero attached hydrogens (tertiary/aromatic N) is 2. The molecule has 1 aromatic rings. The minimum atomic E-state index is 0.569. The van der Waals surface area contributed by atoms with Gasteiger partial charge in [-0.1, -0.05) is 6.07 Å². The number of aromatic nitrogens is 1. The lowest BCUT2D eigenvalue weighted by molar-refractivity contribution is 0.398. The van der Waals surface area contributed by atoms with Gasteiger partial charge in [-0.25, -0.2) is 4.98 Å². The number of aryl methyl sites for hydroxylation is 1. The number of hydrogen-bond donors (Lipinski definition) is 1. The van der Waals surface area contributed by atoms with Crippen LogP contribution in [0.4, 0.5) is 5.82 Å². The fraction of sp³-hybridized carbons (Fsp3) is 0.583. The highest BCUT2D eigenvalue weighted by Crippen LogP contribution is 2.29. The Labute approximate surface area is 91.3 Å². The summed E-state index contributed by atoms with van der Waals surface area (Å²) >= 11 is 0. The summed E-state index contributed by atoms with van der Waals surface area (Å²) in [6, 6.07) is 4.79. The molecule has 0 spiro atoms. The first-order valence-corrected chi connectivity index (χ1v) is 5.62. The van der Waals surface area contributed by atoms with Gasteiger partial charge in [0.15, 0.2) is 0 Å². The van der Waals surface area contributed by atoms with Gasteiger partial charge < -0.3 is 10.6 Å². The van der Waals surface area contributed by atoms with Crippen LogP contribution in [-0.4, -0.2) is 18.1 Å². The molecule has 0 atom stereocenters. The molecule has 0 aromatic carbocycles. The minimum Gasteiger partial charge on any atom is -0.356 e. The Hall–Kier alpha value is -1.09. The first-order valence-electron chi connectivity index (χ1n) is 5.62. The zero-order valence-electron chi connectivity index (χ0n) is 9.53. The molecule has 15 heavy (non-hydrogen) atoms. The van der Waals surface area contributed by atoms with E-state index in [-0.39, 0.29) is 0 Å². The van der Waals surface area contributed by atoms with Crippen LogP contribution in [-0.2, 0) is 6.54 Å². The van der Waals surface area contributed by atoms with Crippen molar-refractivity contribution in [2.45, 2.75) is 38.8 Å². The summed E-state index contributed by atoms with van der Waals surface area (Å²) in [6.07, 6.45) is 3.92. The van der Waals surface area contributed by atoms with Gasteiger partial charge in [-0.15, -0.1) is 0 Å². The topological polar surface area (TPSA) is 42.1 Å². The molecule has 3 nitrogen and oxygen atoms in total. The van der Waals surface area contributed by atoms with Gasteiger partial charge in [-0.3, -0.25) is 0 Å². The van der Waals surface area contributed by atoms with E-state index in [4.69, 9.17) is 5.73 Å². The van der Waals surface area contributed by atoms with Gasteiger partial charge in [0.2, 0.25) is 0 Å². The SMILES string of the molecule is Cc1ccc(CN)c(N(C)C2CCC2)n1. The van der Waals surface area contributed by atoms with Gasteiger partial charge in [-0.05, 0) is 32.3 Å². The molecular formula is C12H19N3. The first-order chi connectivity index (χ1) is 7.22. The maximum atomic E-state index is 5.73. The number of nitrogens with two attached hydrogens (primary N) is 1. The summed E-state index contributed by atoms with van der Waals surface area (Å²) in [5, 5.41) is 0. The summed E-state index contributed by atoms with van der Waals surface area (Å²) < 4.78 is 0. The van der Waals surface area contributed by atoms with E-state index in [0.29, 0.717) is 12.6 Å². The Morgan fingerprint density at radius 2 is 2.20 bits per heavy atom. The monoisotopic (exact) mass is 205 g/mol. The van der Waals surface area contributed by atoms with Crippen LogP contribution in [0.3, 0.4) is 0 Å². The second kappa shape index (κ2) is 4.19. The molecule has 1 aliphatic rings. The van der Waals surface area contributed by atoms with Crippen molar-refractivity contribution in [3.8, 4) is 0 Å². The molecular weight excluding hydrogens is 186 g/mol. The van der Waals surface area contributed by atoms with Crippen LogP contribution in [0.5, 0.6) is 0 Å². The smallest absolute Gasteiger partial charge is 0.133 e. The van der Waals surface area contributed by atoms with Crippen LogP contribution in [0.2, 0.25) is 0 Å². The van der Waals surface area contributed by atoms with Crippen molar-refractivity contribution in [3.63, 3.8) is 0 Å². The summed E-state index contributed by atoms with van der Waals surface area (Å²) in [6.45, 7) is 2.60. The predicted molar refractivity (Wildman–Crippen MR) is 62.9 cm³/mol. The van der Waals surface area contributed by atoms with E-state index < -0.39 is 0 Å². The summed E-state index contributed by atoms with van der Waals surface area (Å²) in [5.41, 5.74) is 7.94. The molecule has 1 saturated carbocycles. The van der Waals surface area contributed by atoms with Crippen molar-refractivity contribution in [2.24, 2.45) is 5.73 Å². The lowest BCUT2D eigenvalue weighted by atomic mass is 9.91. The summed E-state index contributed by atoms with van der Waals surface area (Å²) in [7, 11) is 2.13. The third-order valence-corrected chi connectivity index (χ3v) is 3.27. The van der Waals surface area contributed by atoms with Crippen LogP contribution in [0.15, 0.2) is 12.1 Å². The van der Waals surface area contributed by atoms with Crippen molar-refractivity contribution < 1.29 is 0 Å². The van der Waals surface area contributed by atoms with Crippen molar-refractivity contribution in [1.29, 1.82) is 0 Å². The van der Waals surface area contributed by atoms with Crippen LogP contribution in [0, 0.1) is 6.92 Å². The number of rotatable bonds is 3. The molecule has 1 heterocycles. The zero-order chi connectivity index (χ0) is 10.8. The molecule has 0 unspecified atom stereocenters. The van der Waals surface area contributed by atoms with E-state index in [1.54, 1.807) is 0 Å². The molecule has 0 bridgehead atoms. The van der Waals surface area contributed by atoms with E-state index in [9.17, 15) is 0 Å². The fourth-order valence-electron chi connectivity index (χ4n) is 1.98. The minimum absolute atomic E-state index is 0.569. The molecule has 0 saturated heterocycles. The van der Waals surface area contributed by atoms with E-state index in [1.165, 1.54) is 19.3 Å². The van der Waals surface area contributed by atoms with Crippen molar-refractivity contribution in [3.05, 3.63) is 23.4 Å². The molecule has 2 N–H and O–H groups in total. The Kier molecular flexibility index (Phi) is 2.91. The van der Waals surface area contributed by atoms with Gasteiger partial charge >= 0.3 is 0 Å². The molecule has 2 rings (SSSR count). The number of pyridine rings is 1. The van der Waals surface area contributed by atoms with E-state index in [1.807, 2.05) is 13.0 Å². The van der Waals surface area contributed by atoms with E-state index >= 15 is 0 Å². The standard InChI is InChI=1S/C12H19N3/c1-9-6-7-10(8-13)12(14-9)15(2)11-4-3-5-11/h6-7,11H,3-5,8,13H2,1-2H3. The largest absolute Gasteiger partial charge is 0.356 e. The predicted octanol–water partition coefficient (Wildman–Crippen LogP) is 1.84. The van der Waals surface area contributed by atoms with Gasteiger partial charge in [0.25, 0.3) is 0 Å². The second-order valence-electron chi connectivity index (χ2n) is 4.34. The van der Waals surface area contributed by atoms with Gasteiger partial charge in [0.1, 0.15) is 5.82 Å². The van der Waals surface area contributed by atoms with E-state index in [0.717, 1.165) is 17.1 Å². The fourth-order valence-corrected chi connectivity index (χ4v) is 1.98.